The smallest absolute Gasteiger partial charge is 0.134 e. The maximum atomic E-state index is 5.89. The second-order valence-corrected chi connectivity index (χ2v) is 3.90. The molecule has 1 rings (SSSR count). The van der Waals surface area contributed by atoms with Crippen molar-refractivity contribution < 1.29 is 4.74 Å². The molecule has 0 N–H and O–H groups in total. The van der Waals surface area contributed by atoms with Crippen molar-refractivity contribution in [1.82, 2.24) is 0 Å². The van der Waals surface area contributed by atoms with Crippen LogP contribution in [0.15, 0.2) is 21.1 Å². The molecule has 0 atom stereocenters. The predicted octanol–water partition coefficient (Wildman–Crippen LogP) is 3.87. The van der Waals surface area contributed by atoms with Crippen molar-refractivity contribution in [3.05, 3.63) is 26.1 Å². The standard InChI is InChI=1S/C7H5Br2ClO/c1-11-5-3-2-4(8)7(10)6(5)9/h2-3H,1H3. The van der Waals surface area contributed by atoms with Gasteiger partial charge in [0.2, 0.25) is 0 Å². The van der Waals surface area contributed by atoms with Crippen molar-refractivity contribution in [2.75, 3.05) is 7.11 Å². The van der Waals surface area contributed by atoms with Gasteiger partial charge in [0.05, 0.1) is 16.6 Å². The lowest BCUT2D eigenvalue weighted by molar-refractivity contribution is 0.412. The summed E-state index contributed by atoms with van der Waals surface area (Å²) in [5.41, 5.74) is 0. The summed E-state index contributed by atoms with van der Waals surface area (Å²) in [5, 5.41) is 0.629. The Morgan fingerprint density at radius 3 is 2.55 bits per heavy atom. The molecule has 0 amide bonds. The molecule has 4 heteroatoms. The van der Waals surface area contributed by atoms with Crippen LogP contribution in [-0.2, 0) is 0 Å². The van der Waals surface area contributed by atoms with Gasteiger partial charge in [0, 0.05) is 4.47 Å². The summed E-state index contributed by atoms with van der Waals surface area (Å²) in [5.74, 6) is 0.734. The molecule has 0 unspecified atom stereocenters. The average molecular weight is 300 g/mol. The first kappa shape index (κ1) is 9.36. The van der Waals surface area contributed by atoms with Gasteiger partial charge in [-0.15, -0.1) is 0 Å². The zero-order valence-electron chi connectivity index (χ0n) is 5.70. The van der Waals surface area contributed by atoms with Gasteiger partial charge >= 0.3 is 0 Å². The number of hydrogen-bond donors (Lipinski definition) is 0. The highest BCUT2D eigenvalue weighted by molar-refractivity contribution is 9.11. The van der Waals surface area contributed by atoms with E-state index in [9.17, 15) is 0 Å². The Morgan fingerprint density at radius 1 is 1.36 bits per heavy atom. The van der Waals surface area contributed by atoms with Gasteiger partial charge in [0.25, 0.3) is 0 Å². The van der Waals surface area contributed by atoms with Crippen LogP contribution in [0.4, 0.5) is 0 Å². The van der Waals surface area contributed by atoms with Crippen molar-refractivity contribution in [3.8, 4) is 5.75 Å². The van der Waals surface area contributed by atoms with Crippen molar-refractivity contribution in [1.29, 1.82) is 0 Å². The molecule has 0 heterocycles. The molecule has 0 spiro atoms. The molecule has 1 aromatic rings. The van der Waals surface area contributed by atoms with E-state index in [4.69, 9.17) is 16.3 Å². The molecule has 60 valence electrons. The summed E-state index contributed by atoms with van der Waals surface area (Å²) >= 11 is 12.5. The molecule has 0 aromatic heterocycles. The Kier molecular flexibility index (Phi) is 3.22. The van der Waals surface area contributed by atoms with Gasteiger partial charge in [0.15, 0.2) is 0 Å². The number of ether oxygens (including phenoxy) is 1. The van der Waals surface area contributed by atoms with Gasteiger partial charge in [0.1, 0.15) is 5.75 Å². The van der Waals surface area contributed by atoms with Gasteiger partial charge in [-0.05, 0) is 44.0 Å². The number of methoxy groups -OCH3 is 1. The van der Waals surface area contributed by atoms with E-state index in [1.165, 1.54) is 0 Å². The van der Waals surface area contributed by atoms with E-state index in [1.807, 2.05) is 12.1 Å². The molecule has 0 aliphatic heterocycles. The van der Waals surface area contributed by atoms with Crippen molar-refractivity contribution in [2.45, 2.75) is 0 Å². The molecule has 0 saturated carbocycles. The van der Waals surface area contributed by atoms with Crippen molar-refractivity contribution in [3.63, 3.8) is 0 Å². The van der Waals surface area contributed by atoms with Crippen LogP contribution in [0.2, 0.25) is 5.02 Å². The highest BCUT2D eigenvalue weighted by atomic mass is 79.9. The molecule has 1 nitrogen and oxygen atoms in total. The fourth-order valence-corrected chi connectivity index (χ4v) is 1.93. The van der Waals surface area contributed by atoms with Crippen LogP contribution in [-0.4, -0.2) is 7.11 Å². The normalized spacial score (nSPS) is 9.82. The lowest BCUT2D eigenvalue weighted by atomic mass is 10.3. The Hall–Kier alpha value is 0.270. The lowest BCUT2D eigenvalue weighted by Gasteiger charge is -2.04. The molecule has 0 aliphatic rings. The number of rotatable bonds is 1. The third-order valence-corrected chi connectivity index (χ3v) is 3.52. The largest absolute Gasteiger partial charge is 0.496 e. The van der Waals surface area contributed by atoms with Crippen LogP contribution in [0, 0.1) is 0 Å². The van der Waals surface area contributed by atoms with E-state index in [0.29, 0.717) is 5.02 Å². The van der Waals surface area contributed by atoms with Gasteiger partial charge in [-0.1, -0.05) is 11.6 Å². The van der Waals surface area contributed by atoms with Crippen LogP contribution >= 0.6 is 43.5 Å². The minimum absolute atomic E-state index is 0.629. The fourth-order valence-electron chi connectivity index (χ4n) is 0.666. The summed E-state index contributed by atoms with van der Waals surface area (Å²) in [7, 11) is 1.60. The maximum Gasteiger partial charge on any atom is 0.134 e. The quantitative estimate of drug-likeness (QED) is 0.715. The number of hydrogen-bond acceptors (Lipinski definition) is 1. The fraction of sp³-hybridized carbons (Fsp3) is 0.143. The first-order chi connectivity index (χ1) is 5.16. The number of halogens is 3. The molecule has 0 bridgehead atoms. The van der Waals surface area contributed by atoms with E-state index in [0.717, 1.165) is 14.7 Å². The molecule has 1 aromatic carbocycles. The zero-order chi connectivity index (χ0) is 8.43. The minimum Gasteiger partial charge on any atom is -0.496 e. The Morgan fingerprint density at radius 2 is 2.00 bits per heavy atom. The van der Waals surface area contributed by atoms with Crippen LogP contribution in [0.5, 0.6) is 5.75 Å². The first-order valence-corrected chi connectivity index (χ1v) is 4.80. The summed E-state index contributed by atoms with van der Waals surface area (Å²) in [4.78, 5) is 0. The third kappa shape index (κ3) is 1.89. The molecular formula is C7H5Br2ClO. The molecule has 0 radical (unpaired) electrons. The Balaban J connectivity index is 3.25. The molecular weight excluding hydrogens is 295 g/mol. The molecule has 0 aliphatic carbocycles. The van der Waals surface area contributed by atoms with Crippen molar-refractivity contribution in [2.24, 2.45) is 0 Å². The lowest BCUT2D eigenvalue weighted by Crippen LogP contribution is -1.84. The van der Waals surface area contributed by atoms with E-state index >= 15 is 0 Å². The predicted molar refractivity (Wildman–Crippen MR) is 53.4 cm³/mol. The van der Waals surface area contributed by atoms with E-state index in [2.05, 4.69) is 31.9 Å². The Bertz CT molecular complexity index is 275. The van der Waals surface area contributed by atoms with Crippen LogP contribution in [0.25, 0.3) is 0 Å². The molecule has 11 heavy (non-hydrogen) atoms. The maximum absolute atomic E-state index is 5.89. The van der Waals surface area contributed by atoms with Gasteiger partial charge in [-0.25, -0.2) is 0 Å². The zero-order valence-corrected chi connectivity index (χ0v) is 9.62. The van der Waals surface area contributed by atoms with Gasteiger partial charge in [-0.2, -0.15) is 0 Å². The third-order valence-electron chi connectivity index (χ3n) is 1.22. The molecule has 0 fully saturated rings. The second kappa shape index (κ2) is 3.78. The van der Waals surface area contributed by atoms with E-state index in [-0.39, 0.29) is 0 Å². The van der Waals surface area contributed by atoms with E-state index < -0.39 is 0 Å². The summed E-state index contributed by atoms with van der Waals surface area (Å²) in [6, 6.07) is 3.67. The van der Waals surface area contributed by atoms with Gasteiger partial charge < -0.3 is 4.74 Å². The summed E-state index contributed by atoms with van der Waals surface area (Å²) in [6.07, 6.45) is 0. The van der Waals surface area contributed by atoms with Crippen LogP contribution in [0.3, 0.4) is 0 Å². The summed E-state index contributed by atoms with van der Waals surface area (Å²) in [6.45, 7) is 0. The Labute approximate surface area is 86.9 Å². The SMILES string of the molecule is COc1ccc(Br)c(Cl)c1Br. The van der Waals surface area contributed by atoms with Crippen molar-refractivity contribution >= 4 is 43.5 Å². The van der Waals surface area contributed by atoms with Crippen LogP contribution < -0.4 is 4.74 Å². The highest BCUT2D eigenvalue weighted by Gasteiger charge is 2.06. The van der Waals surface area contributed by atoms with Crippen LogP contribution in [0.1, 0.15) is 0 Å². The van der Waals surface area contributed by atoms with E-state index in [1.54, 1.807) is 7.11 Å². The first-order valence-electron chi connectivity index (χ1n) is 2.84. The topological polar surface area (TPSA) is 9.23 Å². The molecule has 0 saturated heterocycles. The summed E-state index contributed by atoms with van der Waals surface area (Å²) < 4.78 is 6.66. The second-order valence-electron chi connectivity index (χ2n) is 1.88. The van der Waals surface area contributed by atoms with Gasteiger partial charge in [-0.3, -0.25) is 0 Å². The highest BCUT2D eigenvalue weighted by Crippen LogP contribution is 2.37. The number of benzene rings is 1. The monoisotopic (exact) mass is 298 g/mol. The average Bonchev–Trinajstić information content (AvgIpc) is 2.01. The minimum atomic E-state index is 0.629.